The van der Waals surface area contributed by atoms with Crippen molar-refractivity contribution in [3.8, 4) is 0 Å². The molecule has 2 unspecified atom stereocenters. The van der Waals surface area contributed by atoms with E-state index in [0.29, 0.717) is 18.9 Å². The molecule has 0 aromatic carbocycles. The van der Waals surface area contributed by atoms with Crippen LogP contribution < -0.4 is 0 Å². The molecule has 4 heteroatoms. The zero-order valence-corrected chi connectivity index (χ0v) is 9.40. The van der Waals surface area contributed by atoms with Crippen molar-refractivity contribution >= 4 is 11.9 Å². The molecule has 0 aromatic rings. The lowest BCUT2D eigenvalue weighted by Crippen LogP contribution is -2.39. The Morgan fingerprint density at radius 3 is 2.87 bits per heavy atom. The first-order valence-electron chi connectivity index (χ1n) is 5.52. The van der Waals surface area contributed by atoms with Gasteiger partial charge in [-0.1, -0.05) is 6.92 Å². The van der Waals surface area contributed by atoms with Gasteiger partial charge in [0.15, 0.2) is 0 Å². The third-order valence-corrected chi connectivity index (χ3v) is 3.04. The van der Waals surface area contributed by atoms with Gasteiger partial charge >= 0.3 is 5.97 Å². The first-order chi connectivity index (χ1) is 7.00. The van der Waals surface area contributed by atoms with Gasteiger partial charge in [-0.2, -0.15) is 0 Å². The summed E-state index contributed by atoms with van der Waals surface area (Å²) < 4.78 is 0. The molecule has 86 valence electrons. The molecule has 0 radical (unpaired) electrons. The van der Waals surface area contributed by atoms with Crippen LogP contribution in [0.5, 0.6) is 0 Å². The van der Waals surface area contributed by atoms with Crippen molar-refractivity contribution in [3.63, 3.8) is 0 Å². The van der Waals surface area contributed by atoms with Crippen LogP contribution in [-0.4, -0.2) is 34.5 Å². The summed E-state index contributed by atoms with van der Waals surface area (Å²) in [6.07, 6.45) is 2.51. The molecule has 1 fully saturated rings. The third kappa shape index (κ3) is 3.53. The molecule has 0 aromatic heterocycles. The normalized spacial score (nSPS) is 24.8. The molecule has 0 saturated carbocycles. The Balaban J connectivity index is 2.58. The van der Waals surface area contributed by atoms with E-state index < -0.39 is 5.97 Å². The highest BCUT2D eigenvalue weighted by molar-refractivity contribution is 5.77. The average molecular weight is 213 g/mol. The van der Waals surface area contributed by atoms with E-state index in [-0.39, 0.29) is 18.4 Å². The van der Waals surface area contributed by atoms with Crippen molar-refractivity contribution in [2.75, 3.05) is 6.54 Å². The van der Waals surface area contributed by atoms with Crippen molar-refractivity contribution in [1.82, 2.24) is 4.90 Å². The van der Waals surface area contributed by atoms with Crippen LogP contribution in [0.15, 0.2) is 0 Å². The molecule has 2 atom stereocenters. The van der Waals surface area contributed by atoms with E-state index in [1.165, 1.54) is 0 Å². The molecule has 1 N–H and O–H groups in total. The number of hydrogen-bond acceptors (Lipinski definition) is 2. The molecule has 1 rings (SSSR count). The van der Waals surface area contributed by atoms with Gasteiger partial charge in [0.25, 0.3) is 0 Å². The maximum absolute atomic E-state index is 11.7. The molecule has 1 amide bonds. The summed E-state index contributed by atoms with van der Waals surface area (Å²) in [5.41, 5.74) is 0. The number of hydrogen-bond donors (Lipinski definition) is 1. The van der Waals surface area contributed by atoms with Crippen LogP contribution in [-0.2, 0) is 9.59 Å². The van der Waals surface area contributed by atoms with E-state index >= 15 is 0 Å². The smallest absolute Gasteiger partial charge is 0.305 e. The van der Waals surface area contributed by atoms with Gasteiger partial charge in [-0.25, -0.2) is 0 Å². The largest absolute Gasteiger partial charge is 0.481 e. The van der Waals surface area contributed by atoms with Crippen molar-refractivity contribution < 1.29 is 14.7 Å². The summed E-state index contributed by atoms with van der Waals surface area (Å²) in [5.74, 6) is -0.170. The number of carboxylic acids is 1. The highest BCUT2D eigenvalue weighted by Crippen LogP contribution is 2.20. The Hall–Kier alpha value is -1.06. The molecule has 0 spiro atoms. The number of aliphatic carboxylic acids is 1. The molecule has 4 nitrogen and oxygen atoms in total. The molecule has 1 heterocycles. The number of carbonyl (C=O) groups excluding carboxylic acids is 1. The van der Waals surface area contributed by atoms with Crippen LogP contribution in [0.1, 0.15) is 39.5 Å². The number of rotatable bonds is 3. The molecule has 1 aliphatic rings. The highest BCUT2D eigenvalue weighted by Gasteiger charge is 2.25. The lowest BCUT2D eigenvalue weighted by atomic mass is 10.0. The summed E-state index contributed by atoms with van der Waals surface area (Å²) in [6, 6.07) is -0.180. The second-order valence-corrected chi connectivity index (χ2v) is 4.47. The monoisotopic (exact) mass is 213 g/mol. The average Bonchev–Trinajstić information content (AvgIpc) is 2.28. The molecule has 1 saturated heterocycles. The second kappa shape index (κ2) is 5.14. The minimum atomic E-state index is -0.840. The topological polar surface area (TPSA) is 57.6 Å². The van der Waals surface area contributed by atoms with Gasteiger partial charge in [0.05, 0.1) is 6.42 Å². The summed E-state index contributed by atoms with van der Waals surface area (Å²) >= 11 is 0. The molecular weight excluding hydrogens is 194 g/mol. The first kappa shape index (κ1) is 12.0. The van der Waals surface area contributed by atoms with Gasteiger partial charge < -0.3 is 10.0 Å². The van der Waals surface area contributed by atoms with Crippen LogP contribution in [0.4, 0.5) is 0 Å². The predicted octanol–water partition coefficient (Wildman–Crippen LogP) is 1.50. The van der Waals surface area contributed by atoms with Gasteiger partial charge in [0.2, 0.25) is 5.91 Å². The minimum absolute atomic E-state index is 0.0418. The van der Waals surface area contributed by atoms with E-state index in [0.717, 1.165) is 12.8 Å². The van der Waals surface area contributed by atoms with Gasteiger partial charge in [-0.3, -0.25) is 9.59 Å². The Kier molecular flexibility index (Phi) is 4.12. The molecule has 0 bridgehead atoms. The molecule has 0 aliphatic carbocycles. The Bertz CT molecular complexity index is 252. The fourth-order valence-corrected chi connectivity index (χ4v) is 1.97. The SMILES string of the molecule is CC1CCC(=O)N(C(C)CC(=O)O)CC1. The highest BCUT2D eigenvalue weighted by atomic mass is 16.4. The number of carbonyl (C=O) groups is 2. The number of amides is 1. The molecular formula is C11H19NO3. The zero-order valence-electron chi connectivity index (χ0n) is 9.40. The van der Waals surface area contributed by atoms with Gasteiger partial charge in [0.1, 0.15) is 0 Å². The van der Waals surface area contributed by atoms with Crippen molar-refractivity contribution in [2.24, 2.45) is 5.92 Å². The summed E-state index contributed by atoms with van der Waals surface area (Å²) in [7, 11) is 0. The Morgan fingerprint density at radius 2 is 2.27 bits per heavy atom. The minimum Gasteiger partial charge on any atom is -0.481 e. The zero-order chi connectivity index (χ0) is 11.4. The third-order valence-electron chi connectivity index (χ3n) is 3.04. The summed E-state index contributed by atoms with van der Waals surface area (Å²) in [4.78, 5) is 24.0. The van der Waals surface area contributed by atoms with Gasteiger partial charge in [-0.15, -0.1) is 0 Å². The van der Waals surface area contributed by atoms with Crippen molar-refractivity contribution in [3.05, 3.63) is 0 Å². The van der Waals surface area contributed by atoms with Crippen molar-refractivity contribution in [2.45, 2.75) is 45.6 Å². The van der Waals surface area contributed by atoms with Crippen LogP contribution in [0.3, 0.4) is 0 Å². The first-order valence-corrected chi connectivity index (χ1v) is 5.52. The lowest BCUT2D eigenvalue weighted by Gasteiger charge is -2.26. The fraction of sp³-hybridized carbons (Fsp3) is 0.818. The van der Waals surface area contributed by atoms with Crippen LogP contribution >= 0.6 is 0 Å². The van der Waals surface area contributed by atoms with Crippen LogP contribution in [0.2, 0.25) is 0 Å². The van der Waals surface area contributed by atoms with Gasteiger partial charge in [-0.05, 0) is 25.7 Å². The summed E-state index contributed by atoms with van der Waals surface area (Å²) in [5, 5.41) is 8.69. The van der Waals surface area contributed by atoms with E-state index in [9.17, 15) is 9.59 Å². The van der Waals surface area contributed by atoms with Crippen LogP contribution in [0, 0.1) is 5.92 Å². The van der Waals surface area contributed by atoms with E-state index in [2.05, 4.69) is 6.92 Å². The lowest BCUT2D eigenvalue weighted by molar-refractivity contribution is -0.140. The standard InChI is InChI=1S/C11H19NO3/c1-8-3-4-10(13)12(6-5-8)9(2)7-11(14)15/h8-9H,3-7H2,1-2H3,(H,14,15). The predicted molar refractivity (Wildman–Crippen MR) is 56.4 cm³/mol. The number of nitrogens with zero attached hydrogens (tertiary/aromatic N) is 1. The van der Waals surface area contributed by atoms with Gasteiger partial charge in [0, 0.05) is 19.0 Å². The molecule has 1 aliphatic heterocycles. The Morgan fingerprint density at radius 1 is 1.60 bits per heavy atom. The van der Waals surface area contributed by atoms with E-state index in [1.807, 2.05) is 6.92 Å². The second-order valence-electron chi connectivity index (χ2n) is 4.47. The quantitative estimate of drug-likeness (QED) is 0.772. The van der Waals surface area contributed by atoms with E-state index in [1.54, 1.807) is 4.90 Å². The maximum Gasteiger partial charge on any atom is 0.305 e. The Labute approximate surface area is 90.3 Å². The maximum atomic E-state index is 11.7. The fourth-order valence-electron chi connectivity index (χ4n) is 1.97. The van der Waals surface area contributed by atoms with Crippen LogP contribution in [0.25, 0.3) is 0 Å². The summed E-state index contributed by atoms with van der Waals surface area (Å²) in [6.45, 7) is 4.65. The van der Waals surface area contributed by atoms with Crippen molar-refractivity contribution in [1.29, 1.82) is 0 Å². The number of carboxylic acid groups (broad SMARTS) is 1. The van der Waals surface area contributed by atoms with E-state index in [4.69, 9.17) is 5.11 Å². The molecule has 15 heavy (non-hydrogen) atoms. The number of likely N-dealkylation sites (tertiary alicyclic amines) is 1.